The number of halogens is 1. The number of hydrogen-bond acceptors (Lipinski definition) is 2. The third-order valence-electron chi connectivity index (χ3n) is 1.03. The van der Waals surface area contributed by atoms with Crippen molar-refractivity contribution < 1.29 is 4.39 Å². The second kappa shape index (κ2) is 2.90. The Kier molecular flexibility index (Phi) is 1.92. The highest BCUT2D eigenvalue weighted by molar-refractivity contribution is 5.50. The third kappa shape index (κ3) is 1.27. The van der Waals surface area contributed by atoms with Crippen molar-refractivity contribution in [3.63, 3.8) is 0 Å². The van der Waals surface area contributed by atoms with Crippen molar-refractivity contribution >= 4 is 11.7 Å². The van der Waals surface area contributed by atoms with Gasteiger partial charge in [0.1, 0.15) is 11.5 Å². The summed E-state index contributed by atoms with van der Waals surface area (Å²) in [7, 11) is 0. The Morgan fingerprint density at radius 3 is 2.70 bits per heavy atom. The van der Waals surface area contributed by atoms with Gasteiger partial charge in [-0.05, 0) is 12.1 Å². The molecule has 0 fully saturated rings. The molecule has 0 radical (unpaired) electrons. The van der Waals surface area contributed by atoms with Gasteiger partial charge in [0.25, 0.3) is 0 Å². The van der Waals surface area contributed by atoms with Crippen LogP contribution in [0.2, 0.25) is 0 Å². The number of para-hydroxylation sites is 1. The molecule has 1 aromatic carbocycles. The lowest BCUT2D eigenvalue weighted by molar-refractivity contribution is 0.630. The van der Waals surface area contributed by atoms with Crippen LogP contribution in [0, 0.1) is 11.2 Å². The van der Waals surface area contributed by atoms with Gasteiger partial charge in [-0.2, -0.15) is 4.99 Å². The average Bonchev–Trinajstić information content (AvgIpc) is 1.94. The van der Waals surface area contributed by atoms with E-state index < -0.39 is 5.82 Å². The van der Waals surface area contributed by atoms with Gasteiger partial charge in [-0.15, -0.1) is 0 Å². The molecule has 0 aliphatic carbocycles. The predicted molar refractivity (Wildman–Crippen MR) is 36.2 cm³/mol. The highest BCUT2D eigenvalue weighted by Gasteiger charge is 1.94. The summed E-state index contributed by atoms with van der Waals surface area (Å²) in [5.41, 5.74) is 0.150. The maximum absolute atomic E-state index is 12.6. The number of benzene rings is 1. The van der Waals surface area contributed by atoms with E-state index in [1.54, 1.807) is 18.1 Å². The van der Waals surface area contributed by atoms with Crippen LogP contribution in [0.1, 0.15) is 0 Å². The third-order valence-corrected chi connectivity index (χ3v) is 1.03. The zero-order valence-electron chi connectivity index (χ0n) is 5.13. The molecule has 0 heterocycles. The zero-order chi connectivity index (χ0) is 7.40. The number of hydrogen-bond donors (Lipinski definition) is 1. The largest absolute Gasteiger partial charge is 0.241 e. The van der Waals surface area contributed by atoms with E-state index in [0.717, 1.165) is 0 Å². The van der Waals surface area contributed by atoms with E-state index in [9.17, 15) is 4.39 Å². The molecule has 0 spiro atoms. The molecule has 2 nitrogen and oxygen atoms in total. The number of aliphatic imine (C=N–C) groups is 1. The quantitative estimate of drug-likeness (QED) is 0.574. The molecular weight excluding hydrogens is 131 g/mol. The highest BCUT2D eigenvalue weighted by atomic mass is 19.1. The highest BCUT2D eigenvalue weighted by Crippen LogP contribution is 2.14. The summed E-state index contributed by atoms with van der Waals surface area (Å²) in [6.07, 6.45) is 0. The summed E-state index contributed by atoms with van der Waals surface area (Å²) in [5.74, 6) is -0.428. The molecule has 50 valence electrons. The predicted octanol–water partition coefficient (Wildman–Crippen LogP) is 2.21. The van der Waals surface area contributed by atoms with E-state index in [4.69, 9.17) is 5.41 Å². The Hall–Kier alpha value is -1.47. The van der Waals surface area contributed by atoms with Crippen LogP contribution in [0.3, 0.4) is 0 Å². The first-order valence-electron chi connectivity index (χ1n) is 2.71. The summed E-state index contributed by atoms with van der Waals surface area (Å²) >= 11 is 0. The molecule has 3 heteroatoms. The van der Waals surface area contributed by atoms with Crippen LogP contribution in [-0.2, 0) is 0 Å². The van der Waals surface area contributed by atoms with Gasteiger partial charge in [0.2, 0.25) is 0 Å². The molecule has 0 unspecified atom stereocenters. The first-order chi connectivity index (χ1) is 4.84. The molecule has 0 saturated heterocycles. The Morgan fingerprint density at radius 1 is 1.40 bits per heavy atom. The molecular formula is C7H5FN2. The summed E-state index contributed by atoms with van der Waals surface area (Å²) in [4.78, 5) is 3.35. The topological polar surface area (TPSA) is 36.2 Å². The Morgan fingerprint density at radius 2 is 2.10 bits per heavy atom. The van der Waals surface area contributed by atoms with E-state index in [1.165, 1.54) is 12.1 Å². The zero-order valence-corrected chi connectivity index (χ0v) is 5.13. The first kappa shape index (κ1) is 6.65. The van der Waals surface area contributed by atoms with Gasteiger partial charge in [-0.3, -0.25) is 0 Å². The van der Waals surface area contributed by atoms with Gasteiger partial charge in [0.05, 0.1) is 6.01 Å². The molecule has 1 rings (SSSR count). The second-order valence-corrected chi connectivity index (χ2v) is 1.68. The van der Waals surface area contributed by atoms with Crippen molar-refractivity contribution in [1.82, 2.24) is 0 Å². The Labute approximate surface area is 57.5 Å². The lowest BCUT2D eigenvalue weighted by atomic mass is 10.3. The fourth-order valence-corrected chi connectivity index (χ4v) is 0.603. The molecule has 0 aliphatic heterocycles. The number of nitrogens with one attached hydrogen (secondary N) is 1. The van der Waals surface area contributed by atoms with E-state index >= 15 is 0 Å². The van der Waals surface area contributed by atoms with Gasteiger partial charge >= 0.3 is 0 Å². The molecule has 0 saturated carbocycles. The molecule has 1 aromatic rings. The average molecular weight is 136 g/mol. The molecule has 1 N–H and O–H groups in total. The van der Waals surface area contributed by atoms with Crippen molar-refractivity contribution in [3.05, 3.63) is 30.1 Å². The normalized spacial score (nSPS) is 8.50. The van der Waals surface area contributed by atoms with E-state index in [-0.39, 0.29) is 5.69 Å². The summed E-state index contributed by atoms with van der Waals surface area (Å²) in [6.45, 7) is 0. The standard InChI is InChI=1S/C7H5FN2/c8-6-3-1-2-4-7(6)10-5-9/h1-4,9H. The second-order valence-electron chi connectivity index (χ2n) is 1.68. The van der Waals surface area contributed by atoms with Crippen LogP contribution in [0.25, 0.3) is 0 Å². The van der Waals surface area contributed by atoms with Crippen molar-refractivity contribution in [1.29, 1.82) is 5.41 Å². The maximum atomic E-state index is 12.6. The van der Waals surface area contributed by atoms with Crippen molar-refractivity contribution in [2.75, 3.05) is 0 Å². The van der Waals surface area contributed by atoms with Crippen molar-refractivity contribution in [3.8, 4) is 0 Å². The van der Waals surface area contributed by atoms with Gasteiger partial charge in [0, 0.05) is 0 Å². The molecule has 0 atom stereocenters. The van der Waals surface area contributed by atoms with Crippen LogP contribution < -0.4 is 0 Å². The lowest BCUT2D eigenvalue weighted by Crippen LogP contribution is -1.71. The number of nitrogens with zero attached hydrogens (tertiary/aromatic N) is 1. The summed E-state index contributed by atoms with van der Waals surface area (Å²) in [5, 5.41) is 6.45. The van der Waals surface area contributed by atoms with Crippen LogP contribution in [0.15, 0.2) is 29.3 Å². The van der Waals surface area contributed by atoms with E-state index in [2.05, 4.69) is 4.99 Å². The monoisotopic (exact) mass is 136 g/mol. The van der Waals surface area contributed by atoms with Crippen molar-refractivity contribution in [2.45, 2.75) is 0 Å². The van der Waals surface area contributed by atoms with Gasteiger partial charge < -0.3 is 0 Å². The molecule has 0 aliphatic rings. The SMILES string of the molecule is N=C=Nc1ccccc1F. The molecule has 0 aromatic heterocycles. The minimum atomic E-state index is -0.428. The minimum Gasteiger partial charge on any atom is -0.241 e. The first-order valence-corrected chi connectivity index (χ1v) is 2.71. The maximum Gasteiger partial charge on any atom is 0.149 e. The molecule has 0 amide bonds. The number of rotatable bonds is 1. The van der Waals surface area contributed by atoms with Crippen LogP contribution in [0.4, 0.5) is 10.1 Å². The fourth-order valence-electron chi connectivity index (χ4n) is 0.603. The molecule has 10 heavy (non-hydrogen) atoms. The van der Waals surface area contributed by atoms with E-state index in [0.29, 0.717) is 0 Å². The fraction of sp³-hybridized carbons (Fsp3) is 0. The minimum absolute atomic E-state index is 0.150. The Balaban J connectivity index is 3.14. The van der Waals surface area contributed by atoms with Crippen LogP contribution in [-0.4, -0.2) is 6.01 Å². The van der Waals surface area contributed by atoms with Gasteiger partial charge in [-0.1, -0.05) is 12.1 Å². The van der Waals surface area contributed by atoms with Crippen LogP contribution in [0.5, 0.6) is 0 Å². The van der Waals surface area contributed by atoms with Crippen molar-refractivity contribution in [2.24, 2.45) is 4.99 Å². The lowest BCUT2D eigenvalue weighted by Gasteiger charge is -1.89. The molecule has 0 bridgehead atoms. The van der Waals surface area contributed by atoms with E-state index in [1.807, 2.05) is 0 Å². The Bertz CT molecular complexity index is 277. The smallest absolute Gasteiger partial charge is 0.149 e. The summed E-state index contributed by atoms with van der Waals surface area (Å²) < 4.78 is 12.6. The van der Waals surface area contributed by atoms with Gasteiger partial charge in [-0.25, -0.2) is 9.80 Å². The van der Waals surface area contributed by atoms with Gasteiger partial charge in [0.15, 0.2) is 0 Å². The van der Waals surface area contributed by atoms with Crippen LogP contribution >= 0.6 is 0 Å². The summed E-state index contributed by atoms with van der Waals surface area (Å²) in [6, 6.07) is 7.75.